The summed E-state index contributed by atoms with van der Waals surface area (Å²) < 4.78 is 26.2. The van der Waals surface area contributed by atoms with E-state index >= 15 is 0 Å². The van der Waals surface area contributed by atoms with E-state index in [4.69, 9.17) is 0 Å². The number of nitro benzene ring substituents is 1. The van der Waals surface area contributed by atoms with E-state index in [-0.39, 0.29) is 11.4 Å². The zero-order chi connectivity index (χ0) is 15.9. The first-order valence-electron chi connectivity index (χ1n) is 6.74. The molecular weight excluding hydrogens is 294 g/mol. The third kappa shape index (κ3) is 7.16. The number of hydrogen-bond acceptors (Lipinski definition) is 5. The van der Waals surface area contributed by atoms with Crippen LogP contribution in [-0.2, 0) is 15.8 Å². The van der Waals surface area contributed by atoms with Crippen molar-refractivity contribution < 1.29 is 13.3 Å². The molecule has 2 N–H and O–H groups in total. The molecule has 0 aliphatic carbocycles. The summed E-state index contributed by atoms with van der Waals surface area (Å²) in [5, 5.41) is 13.7. The first-order valence-corrected chi connectivity index (χ1v) is 8.39. The summed E-state index contributed by atoms with van der Waals surface area (Å²) in [6.07, 6.45) is 0.706. The molecule has 0 heterocycles. The molecule has 1 aromatic rings. The molecule has 0 unspecified atom stereocenters. The molecule has 0 aliphatic heterocycles. The number of benzene rings is 1. The molecule has 0 atom stereocenters. The van der Waals surface area contributed by atoms with Gasteiger partial charge < -0.3 is 5.32 Å². The number of rotatable bonds is 9. The molecule has 0 radical (unpaired) electrons. The van der Waals surface area contributed by atoms with Gasteiger partial charge in [0.15, 0.2) is 0 Å². The van der Waals surface area contributed by atoms with E-state index in [2.05, 4.69) is 10.0 Å². The highest BCUT2D eigenvalue weighted by atomic mass is 32.2. The fraction of sp³-hybridized carbons (Fsp3) is 0.538. The van der Waals surface area contributed by atoms with E-state index in [1.165, 1.54) is 24.3 Å². The SMILES string of the molecule is CC(C)NCCCNS(=O)(=O)Cc1ccc([N+](=O)[O-])cc1. The van der Waals surface area contributed by atoms with Crippen molar-refractivity contribution in [3.63, 3.8) is 0 Å². The van der Waals surface area contributed by atoms with Crippen LogP contribution in [0.25, 0.3) is 0 Å². The molecule has 118 valence electrons. The number of hydrogen-bond donors (Lipinski definition) is 2. The van der Waals surface area contributed by atoms with Gasteiger partial charge in [-0.05, 0) is 18.5 Å². The minimum atomic E-state index is -3.42. The number of non-ortho nitro benzene ring substituents is 1. The molecule has 8 heteroatoms. The molecule has 7 nitrogen and oxygen atoms in total. The van der Waals surface area contributed by atoms with E-state index in [0.29, 0.717) is 24.6 Å². The Morgan fingerprint density at radius 2 is 1.81 bits per heavy atom. The Bertz CT molecular complexity index is 555. The molecule has 0 bridgehead atoms. The lowest BCUT2D eigenvalue weighted by Gasteiger charge is -2.09. The van der Waals surface area contributed by atoms with Gasteiger partial charge in [0, 0.05) is 24.7 Å². The van der Waals surface area contributed by atoms with Crippen LogP contribution in [0.15, 0.2) is 24.3 Å². The highest BCUT2D eigenvalue weighted by Gasteiger charge is 2.12. The second-order valence-electron chi connectivity index (χ2n) is 5.04. The second-order valence-corrected chi connectivity index (χ2v) is 6.85. The molecular formula is C13H21N3O4S. The summed E-state index contributed by atoms with van der Waals surface area (Å²) in [5.41, 5.74) is 0.470. The third-order valence-electron chi connectivity index (χ3n) is 2.73. The summed E-state index contributed by atoms with van der Waals surface area (Å²) in [6.45, 7) is 5.17. The maximum Gasteiger partial charge on any atom is 0.269 e. The molecule has 0 amide bonds. The van der Waals surface area contributed by atoms with Crippen LogP contribution < -0.4 is 10.0 Å². The average molecular weight is 315 g/mol. The molecule has 0 saturated carbocycles. The van der Waals surface area contributed by atoms with Crippen molar-refractivity contribution in [2.45, 2.75) is 32.1 Å². The Morgan fingerprint density at radius 1 is 1.19 bits per heavy atom. The minimum absolute atomic E-state index is 0.0520. The smallest absolute Gasteiger partial charge is 0.269 e. The van der Waals surface area contributed by atoms with Crippen molar-refractivity contribution in [3.8, 4) is 0 Å². The van der Waals surface area contributed by atoms with Gasteiger partial charge in [0.2, 0.25) is 10.0 Å². The van der Waals surface area contributed by atoms with E-state index in [1.54, 1.807) is 0 Å². The van der Waals surface area contributed by atoms with Gasteiger partial charge in [0.1, 0.15) is 0 Å². The van der Waals surface area contributed by atoms with Crippen molar-refractivity contribution in [3.05, 3.63) is 39.9 Å². The van der Waals surface area contributed by atoms with E-state index in [9.17, 15) is 18.5 Å². The van der Waals surface area contributed by atoms with Crippen LogP contribution in [0.1, 0.15) is 25.8 Å². The predicted octanol–water partition coefficient (Wildman–Crippen LogP) is 1.40. The quantitative estimate of drug-likeness (QED) is 0.407. The van der Waals surface area contributed by atoms with E-state index < -0.39 is 14.9 Å². The highest BCUT2D eigenvalue weighted by Crippen LogP contribution is 2.13. The van der Waals surface area contributed by atoms with Gasteiger partial charge in [-0.25, -0.2) is 13.1 Å². The maximum absolute atomic E-state index is 11.9. The molecule has 0 aromatic heterocycles. The lowest BCUT2D eigenvalue weighted by atomic mass is 10.2. The number of sulfonamides is 1. The Hall–Kier alpha value is -1.51. The van der Waals surface area contributed by atoms with Crippen molar-refractivity contribution in [1.82, 2.24) is 10.0 Å². The van der Waals surface area contributed by atoms with Crippen LogP contribution in [0.3, 0.4) is 0 Å². The summed E-state index contributed by atoms with van der Waals surface area (Å²) >= 11 is 0. The fourth-order valence-electron chi connectivity index (χ4n) is 1.69. The van der Waals surface area contributed by atoms with Gasteiger partial charge in [0.25, 0.3) is 5.69 Å². The molecule has 0 fully saturated rings. The lowest BCUT2D eigenvalue weighted by Crippen LogP contribution is -2.30. The Kier molecular flexibility index (Phi) is 6.73. The number of nitro groups is 1. The van der Waals surface area contributed by atoms with Crippen LogP contribution in [0.2, 0.25) is 0 Å². The topological polar surface area (TPSA) is 101 Å². The predicted molar refractivity (Wildman–Crippen MR) is 81.5 cm³/mol. The van der Waals surface area contributed by atoms with Crippen molar-refractivity contribution in [1.29, 1.82) is 0 Å². The molecule has 21 heavy (non-hydrogen) atoms. The first-order chi connectivity index (χ1) is 9.80. The molecule has 0 aliphatic rings. The number of nitrogens with zero attached hydrogens (tertiary/aromatic N) is 1. The van der Waals surface area contributed by atoms with Crippen molar-refractivity contribution in [2.75, 3.05) is 13.1 Å². The van der Waals surface area contributed by atoms with Crippen LogP contribution in [0.5, 0.6) is 0 Å². The van der Waals surface area contributed by atoms with Crippen LogP contribution in [0, 0.1) is 10.1 Å². The average Bonchev–Trinajstić information content (AvgIpc) is 2.38. The standard InChI is InChI=1S/C13H21N3O4S/c1-11(2)14-8-3-9-15-21(19,20)10-12-4-6-13(7-5-12)16(17)18/h4-7,11,14-15H,3,8-10H2,1-2H3. The number of nitrogens with one attached hydrogen (secondary N) is 2. The van der Waals surface area contributed by atoms with Gasteiger partial charge >= 0.3 is 0 Å². The fourth-order valence-corrected chi connectivity index (χ4v) is 2.88. The first kappa shape index (κ1) is 17.5. The van der Waals surface area contributed by atoms with E-state index in [0.717, 1.165) is 6.54 Å². The minimum Gasteiger partial charge on any atom is -0.314 e. The van der Waals surface area contributed by atoms with Crippen LogP contribution in [-0.4, -0.2) is 32.5 Å². The molecule has 1 aromatic carbocycles. The van der Waals surface area contributed by atoms with Crippen molar-refractivity contribution >= 4 is 15.7 Å². The second kappa shape index (κ2) is 8.06. The van der Waals surface area contributed by atoms with Gasteiger partial charge in [-0.2, -0.15) is 0 Å². The molecule has 0 saturated heterocycles. The van der Waals surface area contributed by atoms with Gasteiger partial charge in [-0.3, -0.25) is 10.1 Å². The Morgan fingerprint density at radius 3 is 2.33 bits per heavy atom. The van der Waals surface area contributed by atoms with Gasteiger partial charge in [-0.15, -0.1) is 0 Å². The Balaban J connectivity index is 2.43. The maximum atomic E-state index is 11.9. The normalized spacial score (nSPS) is 11.8. The van der Waals surface area contributed by atoms with E-state index in [1.807, 2.05) is 13.8 Å². The van der Waals surface area contributed by atoms with Crippen LogP contribution in [0.4, 0.5) is 5.69 Å². The summed E-state index contributed by atoms with van der Waals surface area (Å²) in [4.78, 5) is 10.0. The monoisotopic (exact) mass is 315 g/mol. The lowest BCUT2D eigenvalue weighted by molar-refractivity contribution is -0.384. The summed E-state index contributed by atoms with van der Waals surface area (Å²) in [7, 11) is -3.42. The van der Waals surface area contributed by atoms with Crippen molar-refractivity contribution in [2.24, 2.45) is 0 Å². The summed E-state index contributed by atoms with van der Waals surface area (Å²) in [6, 6.07) is 5.89. The molecule has 0 spiro atoms. The van der Waals surface area contributed by atoms with Gasteiger partial charge in [0.05, 0.1) is 10.7 Å². The zero-order valence-electron chi connectivity index (χ0n) is 12.2. The van der Waals surface area contributed by atoms with Gasteiger partial charge in [-0.1, -0.05) is 26.0 Å². The Labute approximate surface area is 124 Å². The largest absolute Gasteiger partial charge is 0.314 e. The highest BCUT2D eigenvalue weighted by molar-refractivity contribution is 7.88. The summed E-state index contributed by atoms with van der Waals surface area (Å²) in [5.74, 6) is -0.178. The third-order valence-corrected chi connectivity index (χ3v) is 4.09. The van der Waals surface area contributed by atoms with Crippen LogP contribution >= 0.6 is 0 Å². The zero-order valence-corrected chi connectivity index (χ0v) is 13.0. The molecule has 1 rings (SSSR count).